The highest BCUT2D eigenvalue weighted by molar-refractivity contribution is 5.76. The minimum atomic E-state index is 0.104. The van der Waals surface area contributed by atoms with E-state index in [1.54, 1.807) is 4.90 Å². The molecule has 0 aliphatic carbocycles. The number of hydrogen-bond donors (Lipinski definition) is 1. The average Bonchev–Trinajstić information content (AvgIpc) is 2.18. The second-order valence-corrected chi connectivity index (χ2v) is 3.70. The number of aliphatic hydroxyl groups excluding tert-OH is 1. The number of rotatable bonds is 8. The second-order valence-electron chi connectivity index (χ2n) is 3.70. The van der Waals surface area contributed by atoms with Crippen LogP contribution in [0.4, 0.5) is 0 Å². The van der Waals surface area contributed by atoms with Gasteiger partial charge in [0.1, 0.15) is 0 Å². The first-order valence-electron chi connectivity index (χ1n) is 5.61. The molecule has 1 N–H and O–H groups in total. The third-order valence-corrected chi connectivity index (χ3v) is 2.17. The van der Waals surface area contributed by atoms with E-state index in [1.165, 1.54) is 0 Å². The van der Waals surface area contributed by atoms with Crippen molar-refractivity contribution in [2.75, 3.05) is 26.4 Å². The monoisotopic (exact) mass is 217 g/mol. The Morgan fingerprint density at radius 2 is 2.13 bits per heavy atom. The summed E-state index contributed by atoms with van der Waals surface area (Å²) in [4.78, 5) is 13.5. The van der Waals surface area contributed by atoms with Gasteiger partial charge in [0.15, 0.2) is 0 Å². The Bertz CT molecular complexity index is 171. The number of amides is 1. The molecule has 0 atom stereocenters. The van der Waals surface area contributed by atoms with Crippen LogP contribution in [-0.4, -0.2) is 48.3 Å². The average molecular weight is 217 g/mol. The van der Waals surface area contributed by atoms with Crippen molar-refractivity contribution in [1.82, 2.24) is 4.90 Å². The summed E-state index contributed by atoms with van der Waals surface area (Å²) in [5, 5.41) is 8.73. The first-order valence-corrected chi connectivity index (χ1v) is 5.61. The summed E-state index contributed by atoms with van der Waals surface area (Å²) in [6.45, 7) is 7.76. The van der Waals surface area contributed by atoms with Crippen molar-refractivity contribution in [2.45, 2.75) is 39.7 Å². The Balaban J connectivity index is 3.93. The molecule has 0 saturated heterocycles. The minimum absolute atomic E-state index is 0.104. The molecule has 0 fully saturated rings. The summed E-state index contributed by atoms with van der Waals surface area (Å²) in [6, 6.07) is 0.186. The van der Waals surface area contributed by atoms with Gasteiger partial charge < -0.3 is 14.7 Å². The fraction of sp³-hybridized carbons (Fsp3) is 0.909. The lowest BCUT2D eigenvalue weighted by Gasteiger charge is -2.26. The van der Waals surface area contributed by atoms with Gasteiger partial charge in [0, 0.05) is 25.8 Å². The van der Waals surface area contributed by atoms with Gasteiger partial charge in [-0.3, -0.25) is 4.79 Å². The van der Waals surface area contributed by atoms with Gasteiger partial charge in [0.2, 0.25) is 5.91 Å². The fourth-order valence-electron chi connectivity index (χ4n) is 1.36. The Kier molecular flexibility index (Phi) is 8.33. The van der Waals surface area contributed by atoms with Crippen LogP contribution in [0, 0.1) is 0 Å². The molecule has 0 radical (unpaired) electrons. The zero-order valence-corrected chi connectivity index (χ0v) is 10.0. The maximum absolute atomic E-state index is 11.7. The summed E-state index contributed by atoms with van der Waals surface area (Å²) in [5.41, 5.74) is 0. The molecule has 0 unspecified atom stereocenters. The van der Waals surface area contributed by atoms with Crippen LogP contribution in [0.2, 0.25) is 0 Å². The summed E-state index contributed by atoms with van der Waals surface area (Å²) in [7, 11) is 0. The van der Waals surface area contributed by atoms with Crippen molar-refractivity contribution >= 4 is 5.91 Å². The van der Waals surface area contributed by atoms with Gasteiger partial charge >= 0.3 is 0 Å². The van der Waals surface area contributed by atoms with Crippen LogP contribution in [0.5, 0.6) is 0 Å². The smallest absolute Gasteiger partial charge is 0.225 e. The zero-order chi connectivity index (χ0) is 11.7. The first-order chi connectivity index (χ1) is 7.13. The van der Waals surface area contributed by atoms with Crippen LogP contribution in [0.3, 0.4) is 0 Å². The standard InChI is InChI=1S/C11H23NO3/c1-4-15-9-6-11(14)12(10(2)3)7-5-8-13/h10,13H,4-9H2,1-3H3. The van der Waals surface area contributed by atoms with E-state index in [-0.39, 0.29) is 18.6 Å². The zero-order valence-electron chi connectivity index (χ0n) is 10.0. The quantitative estimate of drug-likeness (QED) is 0.618. The van der Waals surface area contributed by atoms with Crippen molar-refractivity contribution in [3.63, 3.8) is 0 Å². The molecule has 0 aliphatic rings. The summed E-state index contributed by atoms with van der Waals surface area (Å²) in [6.07, 6.45) is 1.07. The van der Waals surface area contributed by atoms with Gasteiger partial charge in [-0.15, -0.1) is 0 Å². The van der Waals surface area contributed by atoms with Crippen molar-refractivity contribution in [1.29, 1.82) is 0 Å². The van der Waals surface area contributed by atoms with Crippen molar-refractivity contribution < 1.29 is 14.6 Å². The Hall–Kier alpha value is -0.610. The maximum atomic E-state index is 11.7. The van der Waals surface area contributed by atoms with Crippen LogP contribution >= 0.6 is 0 Å². The van der Waals surface area contributed by atoms with Crippen LogP contribution in [0.15, 0.2) is 0 Å². The maximum Gasteiger partial charge on any atom is 0.225 e. The number of hydrogen-bond acceptors (Lipinski definition) is 3. The summed E-state index contributed by atoms with van der Waals surface area (Å²) < 4.78 is 5.14. The fourth-order valence-corrected chi connectivity index (χ4v) is 1.36. The lowest BCUT2D eigenvalue weighted by atomic mass is 10.2. The van der Waals surface area contributed by atoms with Gasteiger partial charge in [-0.2, -0.15) is 0 Å². The predicted octanol–water partition coefficient (Wildman–Crippen LogP) is 1.03. The normalized spacial score (nSPS) is 10.7. The molecule has 15 heavy (non-hydrogen) atoms. The van der Waals surface area contributed by atoms with E-state index >= 15 is 0 Å². The van der Waals surface area contributed by atoms with Crippen molar-refractivity contribution in [2.24, 2.45) is 0 Å². The number of nitrogens with zero attached hydrogens (tertiary/aromatic N) is 1. The molecular weight excluding hydrogens is 194 g/mol. The summed E-state index contributed by atoms with van der Waals surface area (Å²) in [5.74, 6) is 0.104. The number of carbonyl (C=O) groups excluding carboxylic acids is 1. The van der Waals surface area contributed by atoms with Crippen LogP contribution in [0.25, 0.3) is 0 Å². The van der Waals surface area contributed by atoms with Crippen LogP contribution < -0.4 is 0 Å². The molecule has 0 heterocycles. The summed E-state index contributed by atoms with van der Waals surface area (Å²) >= 11 is 0. The topological polar surface area (TPSA) is 49.8 Å². The molecule has 4 nitrogen and oxygen atoms in total. The Morgan fingerprint density at radius 1 is 1.47 bits per heavy atom. The molecule has 0 bridgehead atoms. The minimum Gasteiger partial charge on any atom is -0.396 e. The Labute approximate surface area is 92.2 Å². The van der Waals surface area contributed by atoms with E-state index < -0.39 is 0 Å². The molecule has 1 amide bonds. The first kappa shape index (κ1) is 14.4. The molecule has 90 valence electrons. The number of ether oxygens (including phenoxy) is 1. The molecule has 0 aromatic heterocycles. The van der Waals surface area contributed by atoms with E-state index in [0.29, 0.717) is 32.6 Å². The van der Waals surface area contributed by atoms with Gasteiger partial charge in [0.05, 0.1) is 13.0 Å². The molecular formula is C11H23NO3. The van der Waals surface area contributed by atoms with E-state index in [1.807, 2.05) is 20.8 Å². The van der Waals surface area contributed by atoms with E-state index in [9.17, 15) is 4.79 Å². The van der Waals surface area contributed by atoms with E-state index in [4.69, 9.17) is 9.84 Å². The number of aliphatic hydroxyl groups is 1. The predicted molar refractivity (Wildman–Crippen MR) is 59.7 cm³/mol. The highest BCUT2D eigenvalue weighted by Gasteiger charge is 2.15. The van der Waals surface area contributed by atoms with Gasteiger partial charge in [-0.05, 0) is 27.2 Å². The lowest BCUT2D eigenvalue weighted by molar-refractivity contribution is -0.134. The van der Waals surface area contributed by atoms with Gasteiger partial charge in [-0.1, -0.05) is 0 Å². The molecule has 0 aliphatic heterocycles. The molecule has 0 spiro atoms. The third-order valence-electron chi connectivity index (χ3n) is 2.17. The third kappa shape index (κ3) is 6.47. The van der Waals surface area contributed by atoms with E-state index in [2.05, 4.69) is 0 Å². The molecule has 4 heteroatoms. The van der Waals surface area contributed by atoms with Crippen molar-refractivity contribution in [3.05, 3.63) is 0 Å². The largest absolute Gasteiger partial charge is 0.396 e. The van der Waals surface area contributed by atoms with Gasteiger partial charge in [-0.25, -0.2) is 0 Å². The molecule has 0 aromatic rings. The molecule has 0 rings (SSSR count). The van der Waals surface area contributed by atoms with Gasteiger partial charge in [0.25, 0.3) is 0 Å². The highest BCUT2D eigenvalue weighted by Crippen LogP contribution is 2.03. The molecule has 0 saturated carbocycles. The second kappa shape index (κ2) is 8.68. The Morgan fingerprint density at radius 3 is 2.60 bits per heavy atom. The van der Waals surface area contributed by atoms with Crippen LogP contribution in [-0.2, 0) is 9.53 Å². The molecule has 0 aromatic carbocycles. The van der Waals surface area contributed by atoms with Crippen LogP contribution in [0.1, 0.15) is 33.6 Å². The highest BCUT2D eigenvalue weighted by atomic mass is 16.5. The number of carbonyl (C=O) groups is 1. The van der Waals surface area contributed by atoms with E-state index in [0.717, 1.165) is 0 Å². The SMILES string of the molecule is CCOCCC(=O)N(CCCO)C(C)C. The van der Waals surface area contributed by atoms with Crippen molar-refractivity contribution in [3.8, 4) is 0 Å². The lowest BCUT2D eigenvalue weighted by Crippen LogP contribution is -2.38.